The lowest BCUT2D eigenvalue weighted by atomic mass is 9.94. The van der Waals surface area contributed by atoms with E-state index in [1.165, 1.54) is 50.5 Å². The van der Waals surface area contributed by atoms with Crippen LogP contribution >= 0.6 is 0 Å². The van der Waals surface area contributed by atoms with Gasteiger partial charge in [-0.15, -0.1) is 0 Å². The fourth-order valence-electron chi connectivity index (χ4n) is 5.64. The van der Waals surface area contributed by atoms with Gasteiger partial charge in [-0.05, 0) is 67.3 Å². The molecule has 0 aliphatic rings. The van der Waals surface area contributed by atoms with Crippen LogP contribution in [0.3, 0.4) is 0 Å². The summed E-state index contributed by atoms with van der Waals surface area (Å²) >= 11 is 0. The molecule has 10 heteroatoms. The lowest BCUT2D eigenvalue weighted by Gasteiger charge is -2.25. The molecule has 5 rings (SSSR count). The van der Waals surface area contributed by atoms with Gasteiger partial charge in [0.1, 0.15) is 23.5 Å². The number of hydrogen-bond acceptors (Lipinski definition) is 4. The largest absolute Gasteiger partial charge is 0.355 e. The van der Waals surface area contributed by atoms with Gasteiger partial charge in [0.05, 0.1) is 17.3 Å². The monoisotopic (exact) mass is 612 g/mol. The number of aromatic nitrogens is 2. The average molecular weight is 613 g/mol. The van der Waals surface area contributed by atoms with Crippen LogP contribution in [0, 0.1) is 17.5 Å². The SMILES string of the molecule is CCC(C(=O)N[C@@H](Cc1cc(F)cc(F)c1)c1ncccc1-c1ccc(F)c(C(=O)NC)c1)n1cc(C(C)=O)c2ccccc21. The van der Waals surface area contributed by atoms with E-state index in [4.69, 9.17) is 0 Å². The second kappa shape index (κ2) is 13.2. The van der Waals surface area contributed by atoms with Crippen LogP contribution in [-0.4, -0.2) is 34.2 Å². The Balaban J connectivity index is 1.60. The number of rotatable bonds is 10. The van der Waals surface area contributed by atoms with E-state index >= 15 is 0 Å². The Morgan fingerprint density at radius 2 is 1.64 bits per heavy atom. The molecular weight excluding hydrogens is 581 g/mol. The average Bonchev–Trinajstić information content (AvgIpc) is 3.40. The van der Waals surface area contributed by atoms with Crippen LogP contribution in [-0.2, 0) is 11.2 Å². The van der Waals surface area contributed by atoms with Crippen molar-refractivity contribution in [3.05, 3.63) is 125 Å². The first-order valence-electron chi connectivity index (χ1n) is 14.4. The van der Waals surface area contributed by atoms with Gasteiger partial charge in [0.15, 0.2) is 5.78 Å². The predicted molar refractivity (Wildman–Crippen MR) is 165 cm³/mol. The predicted octanol–water partition coefficient (Wildman–Crippen LogP) is 6.73. The molecule has 2 atom stereocenters. The molecule has 0 fully saturated rings. The highest BCUT2D eigenvalue weighted by Gasteiger charge is 2.28. The second-order valence-electron chi connectivity index (χ2n) is 10.7. The van der Waals surface area contributed by atoms with Gasteiger partial charge in [-0.2, -0.15) is 0 Å². The highest BCUT2D eigenvalue weighted by atomic mass is 19.1. The van der Waals surface area contributed by atoms with Gasteiger partial charge in [0.2, 0.25) is 5.91 Å². The van der Waals surface area contributed by atoms with Gasteiger partial charge >= 0.3 is 0 Å². The summed E-state index contributed by atoms with van der Waals surface area (Å²) in [7, 11) is 1.39. The summed E-state index contributed by atoms with van der Waals surface area (Å²) in [6.45, 7) is 3.31. The third-order valence-corrected chi connectivity index (χ3v) is 7.74. The third-order valence-electron chi connectivity index (χ3n) is 7.74. The maximum absolute atomic E-state index is 14.5. The van der Waals surface area contributed by atoms with Crippen molar-refractivity contribution in [2.45, 2.75) is 38.8 Å². The molecule has 0 saturated heterocycles. The molecule has 3 aromatic carbocycles. The summed E-state index contributed by atoms with van der Waals surface area (Å²) < 4.78 is 44.8. The van der Waals surface area contributed by atoms with E-state index in [2.05, 4.69) is 15.6 Å². The van der Waals surface area contributed by atoms with Crippen LogP contribution in [0.5, 0.6) is 0 Å². The van der Waals surface area contributed by atoms with E-state index in [1.807, 2.05) is 31.2 Å². The Bertz CT molecular complexity index is 1900. The summed E-state index contributed by atoms with van der Waals surface area (Å²) in [6, 6.07) is 16.2. The van der Waals surface area contributed by atoms with Crippen molar-refractivity contribution in [2.24, 2.45) is 0 Å². The third kappa shape index (κ3) is 6.50. The van der Waals surface area contributed by atoms with Crippen molar-refractivity contribution < 1.29 is 27.6 Å². The Morgan fingerprint density at radius 3 is 2.33 bits per heavy atom. The maximum atomic E-state index is 14.5. The standard InChI is InChI=1S/C35H31F3N4O3/c1-4-31(42-19-28(20(2)43)26-8-5-6-10-32(26)42)35(45)41-30(16-21-14-23(36)18-24(37)15-21)33-25(9-7-13-40-33)22-11-12-29(38)27(17-22)34(44)39-3/h5-15,17-19,30-31H,4,16H2,1-3H3,(H,39,44)(H,41,45)/t30-,31?/m0/s1. The zero-order valence-electron chi connectivity index (χ0n) is 24.9. The van der Waals surface area contributed by atoms with E-state index in [0.29, 0.717) is 34.3 Å². The van der Waals surface area contributed by atoms with E-state index < -0.39 is 41.3 Å². The fourth-order valence-corrected chi connectivity index (χ4v) is 5.64. The lowest BCUT2D eigenvalue weighted by molar-refractivity contribution is -0.125. The number of nitrogens with zero attached hydrogens (tertiary/aromatic N) is 2. The molecule has 0 saturated carbocycles. The summed E-state index contributed by atoms with van der Waals surface area (Å²) in [6.07, 6.45) is 3.52. The topological polar surface area (TPSA) is 93.1 Å². The number of amides is 2. The molecule has 0 spiro atoms. The van der Waals surface area contributed by atoms with Crippen LogP contribution in [0.1, 0.15) is 64.3 Å². The van der Waals surface area contributed by atoms with Gasteiger partial charge in [-0.25, -0.2) is 13.2 Å². The number of halogens is 3. The number of benzene rings is 3. The van der Waals surface area contributed by atoms with Crippen molar-refractivity contribution >= 4 is 28.5 Å². The molecule has 1 unspecified atom stereocenters. The van der Waals surface area contributed by atoms with E-state index in [9.17, 15) is 27.6 Å². The molecule has 2 aromatic heterocycles. The van der Waals surface area contributed by atoms with Crippen LogP contribution in [0.25, 0.3) is 22.0 Å². The molecule has 2 N–H and O–H groups in total. The number of pyridine rings is 1. The lowest BCUT2D eigenvalue weighted by Crippen LogP contribution is -2.36. The zero-order chi connectivity index (χ0) is 32.2. The second-order valence-corrected chi connectivity index (χ2v) is 10.7. The fraction of sp³-hybridized carbons (Fsp3) is 0.200. The van der Waals surface area contributed by atoms with E-state index in [0.717, 1.165) is 11.5 Å². The first kappa shape index (κ1) is 31.2. The number of carbonyl (C=O) groups is 3. The number of Topliss-reactive ketones (excluding diaryl/α,β-unsaturated/α-hetero) is 1. The summed E-state index contributed by atoms with van der Waals surface area (Å²) in [5, 5.41) is 6.18. The smallest absolute Gasteiger partial charge is 0.254 e. The van der Waals surface area contributed by atoms with E-state index in [-0.39, 0.29) is 23.3 Å². The Labute approximate surface area is 258 Å². The molecule has 2 heterocycles. The number of nitrogens with one attached hydrogen (secondary N) is 2. The van der Waals surface area contributed by atoms with Gasteiger partial charge in [-0.1, -0.05) is 37.3 Å². The minimum absolute atomic E-state index is 0.0323. The van der Waals surface area contributed by atoms with Crippen molar-refractivity contribution in [2.75, 3.05) is 7.05 Å². The summed E-state index contributed by atoms with van der Waals surface area (Å²) in [4.78, 5) is 43.4. The first-order valence-corrected chi connectivity index (χ1v) is 14.4. The van der Waals surface area contributed by atoms with Crippen LogP contribution in [0.4, 0.5) is 13.2 Å². The maximum Gasteiger partial charge on any atom is 0.254 e. The Morgan fingerprint density at radius 1 is 0.911 bits per heavy atom. The van der Waals surface area contributed by atoms with Crippen LogP contribution in [0.15, 0.2) is 85.2 Å². The highest BCUT2D eigenvalue weighted by molar-refractivity contribution is 6.07. The number of para-hydroxylation sites is 1. The molecule has 0 aliphatic carbocycles. The van der Waals surface area contributed by atoms with Crippen LogP contribution < -0.4 is 10.6 Å². The minimum atomic E-state index is -0.897. The van der Waals surface area contributed by atoms with Crippen molar-refractivity contribution in [3.63, 3.8) is 0 Å². The summed E-state index contributed by atoms with van der Waals surface area (Å²) in [5.74, 6) is -3.41. The van der Waals surface area contributed by atoms with Gasteiger partial charge in [-0.3, -0.25) is 19.4 Å². The van der Waals surface area contributed by atoms with E-state index in [1.54, 1.807) is 22.9 Å². The zero-order valence-corrected chi connectivity index (χ0v) is 24.9. The quantitative estimate of drug-likeness (QED) is 0.171. The number of hydrogen-bond donors (Lipinski definition) is 2. The molecule has 45 heavy (non-hydrogen) atoms. The Hall–Kier alpha value is -5.25. The molecule has 7 nitrogen and oxygen atoms in total. The molecule has 230 valence electrons. The molecule has 0 bridgehead atoms. The first-order chi connectivity index (χ1) is 21.6. The van der Waals surface area contributed by atoms with Crippen molar-refractivity contribution in [3.8, 4) is 11.1 Å². The Kier molecular flexibility index (Phi) is 9.13. The number of carbonyl (C=O) groups excluding carboxylic acids is 3. The molecule has 5 aromatic rings. The van der Waals surface area contributed by atoms with Crippen molar-refractivity contribution in [1.82, 2.24) is 20.2 Å². The molecule has 2 amide bonds. The normalized spacial score (nSPS) is 12.5. The van der Waals surface area contributed by atoms with Crippen molar-refractivity contribution in [1.29, 1.82) is 0 Å². The molecule has 0 aliphatic heterocycles. The molecular formula is C35H31F3N4O3. The van der Waals surface area contributed by atoms with Crippen LogP contribution in [0.2, 0.25) is 0 Å². The highest BCUT2D eigenvalue weighted by Crippen LogP contribution is 2.32. The minimum Gasteiger partial charge on any atom is -0.355 e. The molecule has 0 radical (unpaired) electrons. The number of fused-ring (bicyclic) bond motifs is 1. The number of ketones is 1. The summed E-state index contributed by atoms with van der Waals surface area (Å²) in [5.41, 5.74) is 2.59. The van der Waals surface area contributed by atoms with Gasteiger partial charge in [0.25, 0.3) is 5.91 Å². The van der Waals surface area contributed by atoms with Gasteiger partial charge < -0.3 is 15.2 Å². The van der Waals surface area contributed by atoms with Gasteiger partial charge in [0, 0.05) is 47.5 Å².